The highest BCUT2D eigenvalue weighted by Crippen LogP contribution is 2.24. The van der Waals surface area contributed by atoms with Crippen LogP contribution in [0.2, 0.25) is 5.02 Å². The van der Waals surface area contributed by atoms with Gasteiger partial charge >= 0.3 is 0 Å². The highest BCUT2D eigenvalue weighted by molar-refractivity contribution is 6.32. The van der Waals surface area contributed by atoms with Gasteiger partial charge in [0.05, 0.1) is 23.6 Å². The van der Waals surface area contributed by atoms with Crippen molar-refractivity contribution in [3.8, 4) is 5.75 Å². The number of H-pyrrole nitrogens is 1. The molecule has 0 bridgehead atoms. The van der Waals surface area contributed by atoms with Gasteiger partial charge in [0.15, 0.2) is 6.10 Å². The van der Waals surface area contributed by atoms with Crippen LogP contribution in [0.5, 0.6) is 5.75 Å². The first-order valence-corrected chi connectivity index (χ1v) is 6.21. The zero-order valence-electron chi connectivity index (χ0n) is 10.4. The molecule has 0 radical (unpaired) electrons. The minimum atomic E-state index is -0.622. The number of aromatic amines is 1. The maximum Gasteiger partial charge on any atom is 0.261 e. The predicted octanol–water partition coefficient (Wildman–Crippen LogP) is 2.15. The summed E-state index contributed by atoms with van der Waals surface area (Å²) in [7, 11) is 0. The van der Waals surface area contributed by atoms with Crippen molar-refractivity contribution in [1.29, 1.82) is 0 Å². The lowest BCUT2D eigenvalue weighted by atomic mass is 10.3. The fourth-order valence-electron chi connectivity index (χ4n) is 1.49. The van der Waals surface area contributed by atoms with Gasteiger partial charge in [0.25, 0.3) is 5.91 Å². The molecule has 1 unspecified atom stereocenters. The smallest absolute Gasteiger partial charge is 0.261 e. The van der Waals surface area contributed by atoms with Crippen LogP contribution in [-0.4, -0.2) is 22.0 Å². The minimum absolute atomic E-state index is 0.213. The SMILES string of the molecule is CC(Oc1ccccc1Cl)C(=O)NCc1cnc[nH]1. The zero-order valence-corrected chi connectivity index (χ0v) is 11.1. The molecular weight excluding hydrogens is 266 g/mol. The summed E-state index contributed by atoms with van der Waals surface area (Å²) in [6, 6.07) is 7.04. The zero-order chi connectivity index (χ0) is 13.7. The summed E-state index contributed by atoms with van der Waals surface area (Å²) in [5, 5.41) is 3.23. The molecule has 1 aromatic heterocycles. The Kier molecular flexibility index (Phi) is 4.41. The van der Waals surface area contributed by atoms with Crippen molar-refractivity contribution < 1.29 is 9.53 Å². The first kappa shape index (κ1) is 13.4. The molecule has 100 valence electrons. The molecule has 0 aliphatic heterocycles. The second-order valence-corrected chi connectivity index (χ2v) is 4.39. The topological polar surface area (TPSA) is 67.0 Å². The number of hydrogen-bond acceptors (Lipinski definition) is 3. The third-order valence-corrected chi connectivity index (χ3v) is 2.83. The number of hydrogen-bond donors (Lipinski definition) is 2. The van der Waals surface area contributed by atoms with Crippen molar-refractivity contribution in [1.82, 2.24) is 15.3 Å². The number of aromatic nitrogens is 2. The number of para-hydroxylation sites is 1. The van der Waals surface area contributed by atoms with Crippen molar-refractivity contribution >= 4 is 17.5 Å². The fraction of sp³-hybridized carbons (Fsp3) is 0.231. The molecule has 0 spiro atoms. The minimum Gasteiger partial charge on any atom is -0.479 e. The first-order chi connectivity index (χ1) is 9.16. The van der Waals surface area contributed by atoms with E-state index in [1.807, 2.05) is 0 Å². The van der Waals surface area contributed by atoms with E-state index in [0.717, 1.165) is 5.69 Å². The number of carbonyl (C=O) groups excluding carboxylic acids is 1. The Morgan fingerprint density at radius 3 is 3.00 bits per heavy atom. The molecule has 6 heteroatoms. The van der Waals surface area contributed by atoms with Crippen LogP contribution in [0.1, 0.15) is 12.6 Å². The first-order valence-electron chi connectivity index (χ1n) is 5.83. The van der Waals surface area contributed by atoms with Gasteiger partial charge in [0.2, 0.25) is 0 Å². The number of amides is 1. The Morgan fingerprint density at radius 1 is 1.53 bits per heavy atom. The Morgan fingerprint density at radius 2 is 2.32 bits per heavy atom. The van der Waals surface area contributed by atoms with Gasteiger partial charge in [-0.25, -0.2) is 4.98 Å². The molecule has 0 aliphatic carbocycles. The largest absolute Gasteiger partial charge is 0.479 e. The van der Waals surface area contributed by atoms with Crippen LogP contribution in [0.3, 0.4) is 0 Å². The van der Waals surface area contributed by atoms with E-state index in [9.17, 15) is 4.79 Å². The maximum absolute atomic E-state index is 11.8. The number of imidazole rings is 1. The van der Waals surface area contributed by atoms with Gasteiger partial charge in [0, 0.05) is 6.20 Å². The van der Waals surface area contributed by atoms with E-state index in [1.165, 1.54) is 0 Å². The van der Waals surface area contributed by atoms with Gasteiger partial charge in [-0.1, -0.05) is 23.7 Å². The van der Waals surface area contributed by atoms with Crippen LogP contribution < -0.4 is 10.1 Å². The molecule has 0 saturated carbocycles. The quantitative estimate of drug-likeness (QED) is 0.881. The summed E-state index contributed by atoms with van der Waals surface area (Å²) < 4.78 is 5.51. The number of nitrogens with one attached hydrogen (secondary N) is 2. The van der Waals surface area contributed by atoms with Crippen LogP contribution >= 0.6 is 11.6 Å². The van der Waals surface area contributed by atoms with Crippen molar-refractivity contribution in [3.05, 3.63) is 47.5 Å². The van der Waals surface area contributed by atoms with Crippen molar-refractivity contribution in [2.45, 2.75) is 19.6 Å². The number of rotatable bonds is 5. The van der Waals surface area contributed by atoms with Crippen LogP contribution in [0.4, 0.5) is 0 Å². The Bertz CT molecular complexity index is 543. The van der Waals surface area contributed by atoms with E-state index in [0.29, 0.717) is 17.3 Å². The second-order valence-electron chi connectivity index (χ2n) is 3.99. The summed E-state index contributed by atoms with van der Waals surface area (Å²) in [4.78, 5) is 18.6. The fourth-order valence-corrected chi connectivity index (χ4v) is 1.67. The maximum atomic E-state index is 11.8. The Labute approximate surface area is 116 Å². The lowest BCUT2D eigenvalue weighted by Crippen LogP contribution is -2.36. The van der Waals surface area contributed by atoms with Gasteiger partial charge in [-0.15, -0.1) is 0 Å². The van der Waals surface area contributed by atoms with E-state index in [-0.39, 0.29) is 5.91 Å². The molecule has 2 N–H and O–H groups in total. The van der Waals surface area contributed by atoms with E-state index in [4.69, 9.17) is 16.3 Å². The molecule has 19 heavy (non-hydrogen) atoms. The van der Waals surface area contributed by atoms with Crippen molar-refractivity contribution in [2.24, 2.45) is 0 Å². The monoisotopic (exact) mass is 279 g/mol. The molecule has 1 atom stereocenters. The van der Waals surface area contributed by atoms with Crippen molar-refractivity contribution in [3.63, 3.8) is 0 Å². The molecule has 0 aliphatic rings. The van der Waals surface area contributed by atoms with E-state index >= 15 is 0 Å². The summed E-state index contributed by atoms with van der Waals surface area (Å²) in [6.45, 7) is 2.06. The second kappa shape index (κ2) is 6.24. The summed E-state index contributed by atoms with van der Waals surface area (Å²) in [6.07, 6.45) is 2.59. The molecular formula is C13H14ClN3O2. The highest BCUT2D eigenvalue weighted by Gasteiger charge is 2.15. The van der Waals surface area contributed by atoms with Gasteiger partial charge in [-0.3, -0.25) is 4.79 Å². The number of carbonyl (C=O) groups is 1. The van der Waals surface area contributed by atoms with Crippen LogP contribution in [-0.2, 0) is 11.3 Å². The standard InChI is InChI=1S/C13H14ClN3O2/c1-9(19-12-5-3-2-4-11(12)14)13(18)16-7-10-6-15-8-17-10/h2-6,8-9H,7H2,1H3,(H,15,17)(H,16,18). The van der Waals surface area contributed by atoms with Gasteiger partial charge in [-0.05, 0) is 19.1 Å². The summed E-state index contributed by atoms with van der Waals surface area (Å²) >= 11 is 5.96. The molecule has 2 rings (SSSR count). The van der Waals surface area contributed by atoms with E-state index in [2.05, 4.69) is 15.3 Å². The average molecular weight is 280 g/mol. The molecule has 1 amide bonds. The molecule has 5 nitrogen and oxygen atoms in total. The van der Waals surface area contributed by atoms with Crippen LogP contribution in [0, 0.1) is 0 Å². The predicted molar refractivity (Wildman–Crippen MR) is 72.0 cm³/mol. The van der Waals surface area contributed by atoms with Gasteiger partial charge < -0.3 is 15.0 Å². The molecule has 1 heterocycles. The van der Waals surface area contributed by atoms with Crippen molar-refractivity contribution in [2.75, 3.05) is 0 Å². The number of halogens is 1. The Balaban J connectivity index is 1.87. The molecule has 0 fully saturated rings. The third kappa shape index (κ3) is 3.72. The van der Waals surface area contributed by atoms with Crippen LogP contribution in [0.25, 0.3) is 0 Å². The average Bonchev–Trinajstić information content (AvgIpc) is 2.91. The number of nitrogens with zero attached hydrogens (tertiary/aromatic N) is 1. The van der Waals surface area contributed by atoms with Crippen LogP contribution in [0.15, 0.2) is 36.8 Å². The highest BCUT2D eigenvalue weighted by atomic mass is 35.5. The number of ether oxygens (including phenoxy) is 1. The summed E-state index contributed by atoms with van der Waals surface area (Å²) in [5.74, 6) is 0.280. The van der Waals surface area contributed by atoms with Gasteiger partial charge in [-0.2, -0.15) is 0 Å². The van der Waals surface area contributed by atoms with E-state index in [1.54, 1.807) is 43.7 Å². The molecule has 2 aromatic rings. The third-order valence-electron chi connectivity index (χ3n) is 2.52. The Hall–Kier alpha value is -2.01. The lowest BCUT2D eigenvalue weighted by Gasteiger charge is -2.15. The number of benzene rings is 1. The lowest BCUT2D eigenvalue weighted by molar-refractivity contribution is -0.127. The molecule has 1 aromatic carbocycles. The normalized spacial score (nSPS) is 11.9. The molecule has 0 saturated heterocycles. The summed E-state index contributed by atoms with van der Waals surface area (Å²) in [5.41, 5.74) is 0.832. The van der Waals surface area contributed by atoms with Gasteiger partial charge in [0.1, 0.15) is 5.75 Å². The van der Waals surface area contributed by atoms with E-state index < -0.39 is 6.10 Å².